The zero-order valence-electron chi connectivity index (χ0n) is 20.6. The van der Waals surface area contributed by atoms with Crippen LogP contribution in [0.4, 0.5) is 4.39 Å². The minimum Gasteiger partial charge on any atom is -0.458 e. The molecule has 0 aromatic rings. The van der Waals surface area contributed by atoms with E-state index in [2.05, 4.69) is 15.9 Å². The number of carbonyl (C=O) groups is 4. The Bertz CT molecular complexity index is 1050. The largest absolute Gasteiger partial charge is 0.458 e. The number of fused-ring (bicyclic) bond motifs is 5. The molecule has 35 heavy (non-hydrogen) atoms. The first-order valence-electron chi connectivity index (χ1n) is 12.0. The van der Waals surface area contributed by atoms with Gasteiger partial charge in [0.2, 0.25) is 5.78 Å². The van der Waals surface area contributed by atoms with Crippen LogP contribution < -0.4 is 0 Å². The minimum atomic E-state index is -1.64. The van der Waals surface area contributed by atoms with Crippen LogP contribution in [0, 0.1) is 28.6 Å². The van der Waals surface area contributed by atoms with Crippen LogP contribution >= 0.6 is 15.9 Å². The fourth-order valence-electron chi connectivity index (χ4n) is 7.89. The number of aliphatic hydroxyl groups is 1. The van der Waals surface area contributed by atoms with E-state index < -0.39 is 69.2 Å². The predicted molar refractivity (Wildman–Crippen MR) is 127 cm³/mol. The molecule has 7 nitrogen and oxygen atoms in total. The first-order chi connectivity index (χ1) is 16.1. The average molecular weight is 555 g/mol. The Morgan fingerprint density at radius 3 is 2.43 bits per heavy atom. The summed E-state index contributed by atoms with van der Waals surface area (Å²) in [6.45, 7) is 7.30. The van der Waals surface area contributed by atoms with Crippen molar-refractivity contribution in [1.82, 2.24) is 0 Å². The Morgan fingerprint density at radius 2 is 1.83 bits per heavy atom. The van der Waals surface area contributed by atoms with Gasteiger partial charge in [0, 0.05) is 30.6 Å². The first-order valence-corrected chi connectivity index (χ1v) is 12.8. The molecule has 0 radical (unpaired) electrons. The van der Waals surface area contributed by atoms with Crippen LogP contribution in [0.25, 0.3) is 0 Å². The molecule has 0 saturated heterocycles. The SMILES string of the molecule is CC(=O)OCC(=O)[C@@]1(OC(C)=O)[C@@H](C)C[C@H]2[C@@H]3C[C@H](F)C4=CC(=O)C=C[C@]4(C)[C@@]3(Br)[C@@H](O)C[C@@]21C. The number of alkyl halides is 2. The third-order valence-electron chi connectivity index (χ3n) is 9.29. The van der Waals surface area contributed by atoms with Gasteiger partial charge in [-0.2, -0.15) is 0 Å². The Labute approximate surface area is 212 Å². The van der Waals surface area contributed by atoms with Crippen molar-refractivity contribution in [3.63, 3.8) is 0 Å². The Kier molecular flexibility index (Phi) is 6.24. The molecular weight excluding hydrogens is 523 g/mol. The summed E-state index contributed by atoms with van der Waals surface area (Å²) < 4.78 is 25.5. The Morgan fingerprint density at radius 1 is 1.17 bits per heavy atom. The molecule has 0 bridgehead atoms. The van der Waals surface area contributed by atoms with Gasteiger partial charge in [-0.15, -0.1) is 0 Å². The van der Waals surface area contributed by atoms with Gasteiger partial charge in [0.15, 0.2) is 18.0 Å². The molecule has 0 amide bonds. The molecule has 9 atom stereocenters. The average Bonchev–Trinajstić information content (AvgIpc) is 2.97. The number of aliphatic hydroxyl groups excluding tert-OH is 1. The van der Waals surface area contributed by atoms with Crippen LogP contribution in [0.5, 0.6) is 0 Å². The van der Waals surface area contributed by atoms with Gasteiger partial charge in [0.05, 0.1) is 10.4 Å². The summed E-state index contributed by atoms with van der Waals surface area (Å²) in [7, 11) is 0. The van der Waals surface area contributed by atoms with Gasteiger partial charge in [-0.05, 0) is 48.8 Å². The van der Waals surface area contributed by atoms with Crippen LogP contribution in [-0.4, -0.2) is 57.4 Å². The Hall–Kier alpha value is -1.87. The molecule has 0 aromatic carbocycles. The van der Waals surface area contributed by atoms with E-state index in [4.69, 9.17) is 9.47 Å². The van der Waals surface area contributed by atoms with E-state index in [1.807, 2.05) is 20.8 Å². The summed E-state index contributed by atoms with van der Waals surface area (Å²) in [6, 6.07) is 0. The molecule has 4 aliphatic rings. The van der Waals surface area contributed by atoms with E-state index in [-0.39, 0.29) is 24.5 Å². The van der Waals surface area contributed by atoms with Gasteiger partial charge in [0.25, 0.3) is 0 Å². The number of Topliss-reactive ketones (excluding diaryl/α,β-unsaturated/α-hetero) is 1. The van der Waals surface area contributed by atoms with Crippen LogP contribution in [0.15, 0.2) is 23.8 Å². The van der Waals surface area contributed by atoms with E-state index in [0.29, 0.717) is 12.0 Å². The number of hydrogen-bond donors (Lipinski definition) is 1. The van der Waals surface area contributed by atoms with Gasteiger partial charge >= 0.3 is 11.9 Å². The second kappa shape index (κ2) is 8.33. The molecule has 4 rings (SSSR count). The molecule has 3 saturated carbocycles. The smallest absolute Gasteiger partial charge is 0.303 e. The lowest BCUT2D eigenvalue weighted by atomic mass is 9.45. The van der Waals surface area contributed by atoms with Crippen LogP contribution in [0.3, 0.4) is 0 Å². The topological polar surface area (TPSA) is 107 Å². The molecule has 1 N–H and O–H groups in total. The predicted octanol–water partition coefficient (Wildman–Crippen LogP) is 3.41. The third-order valence-corrected chi connectivity index (χ3v) is 11.2. The van der Waals surface area contributed by atoms with Crippen molar-refractivity contribution in [1.29, 1.82) is 0 Å². The molecule has 0 aromatic heterocycles. The number of ketones is 2. The standard InChI is InChI=1S/C26H32BrFO7/c1-13-8-17-18-10-20(28)19-9-16(31)6-7-23(19,4)25(18,27)21(32)11-24(17,5)26(13,35-15(3)30)22(33)12-34-14(2)29/h6-7,9,13,17-18,20-21,32H,8,10-12H2,1-5H3/t13-,17-,18-,20-,21-,23-,24-,25-,26-/m0/s1. The summed E-state index contributed by atoms with van der Waals surface area (Å²) >= 11 is 3.86. The van der Waals surface area contributed by atoms with Gasteiger partial charge < -0.3 is 14.6 Å². The maximum absolute atomic E-state index is 15.7. The van der Waals surface area contributed by atoms with Crippen molar-refractivity contribution in [2.75, 3.05) is 6.61 Å². The van der Waals surface area contributed by atoms with Gasteiger partial charge in [-0.25, -0.2) is 4.39 Å². The summed E-state index contributed by atoms with van der Waals surface area (Å²) in [5.74, 6) is -3.32. The van der Waals surface area contributed by atoms with Crippen LogP contribution in [0.2, 0.25) is 0 Å². The third kappa shape index (κ3) is 3.36. The Balaban J connectivity index is 1.85. The molecule has 0 unspecified atom stereocenters. The highest BCUT2D eigenvalue weighted by atomic mass is 79.9. The quantitative estimate of drug-likeness (QED) is 0.419. The fourth-order valence-corrected chi connectivity index (χ4v) is 8.92. The lowest BCUT2D eigenvalue weighted by molar-refractivity contribution is -0.202. The highest BCUT2D eigenvalue weighted by Gasteiger charge is 2.76. The number of carbonyl (C=O) groups excluding carboxylic acids is 4. The second-order valence-corrected chi connectivity index (χ2v) is 12.3. The highest BCUT2D eigenvalue weighted by molar-refractivity contribution is 9.10. The lowest BCUT2D eigenvalue weighted by Crippen LogP contribution is -2.70. The number of rotatable bonds is 4. The van der Waals surface area contributed by atoms with Crippen LogP contribution in [0.1, 0.15) is 53.9 Å². The summed E-state index contributed by atoms with van der Waals surface area (Å²) in [5.41, 5.74) is -3.32. The maximum atomic E-state index is 15.7. The van der Waals surface area contributed by atoms with Crippen molar-refractivity contribution >= 4 is 39.4 Å². The van der Waals surface area contributed by atoms with Gasteiger partial charge in [0.1, 0.15) is 6.17 Å². The van der Waals surface area contributed by atoms with Crippen molar-refractivity contribution in [3.05, 3.63) is 23.8 Å². The molecule has 0 aliphatic heterocycles. The monoisotopic (exact) mass is 554 g/mol. The van der Waals surface area contributed by atoms with Crippen LogP contribution in [-0.2, 0) is 28.7 Å². The fraction of sp³-hybridized carbons (Fsp3) is 0.692. The molecular formula is C26H32BrFO7. The zero-order valence-corrected chi connectivity index (χ0v) is 22.2. The normalized spacial score (nSPS) is 46.1. The van der Waals surface area contributed by atoms with E-state index in [9.17, 15) is 24.3 Å². The molecule has 3 fully saturated rings. The number of allylic oxidation sites excluding steroid dienone is 4. The molecule has 4 aliphatic carbocycles. The minimum absolute atomic E-state index is 0.0477. The first kappa shape index (κ1) is 26.2. The zero-order chi connectivity index (χ0) is 26.1. The molecule has 0 spiro atoms. The molecule has 192 valence electrons. The second-order valence-electron chi connectivity index (χ2n) is 11.0. The van der Waals surface area contributed by atoms with Crippen molar-refractivity contribution in [2.45, 2.75) is 76.1 Å². The van der Waals surface area contributed by atoms with E-state index >= 15 is 4.39 Å². The highest BCUT2D eigenvalue weighted by Crippen LogP contribution is 2.72. The number of hydrogen-bond acceptors (Lipinski definition) is 7. The van der Waals surface area contributed by atoms with Crippen molar-refractivity contribution < 1.29 is 38.1 Å². The maximum Gasteiger partial charge on any atom is 0.303 e. The van der Waals surface area contributed by atoms with E-state index in [1.165, 1.54) is 26.0 Å². The van der Waals surface area contributed by atoms with Crippen molar-refractivity contribution in [3.8, 4) is 0 Å². The summed E-state index contributed by atoms with van der Waals surface area (Å²) in [6.07, 6.45) is 2.53. The van der Waals surface area contributed by atoms with E-state index in [0.717, 1.165) is 0 Å². The van der Waals surface area contributed by atoms with E-state index in [1.54, 1.807) is 6.08 Å². The molecule has 0 heterocycles. The van der Waals surface area contributed by atoms with Gasteiger partial charge in [-0.1, -0.05) is 42.8 Å². The lowest BCUT2D eigenvalue weighted by Gasteiger charge is -2.64. The summed E-state index contributed by atoms with van der Waals surface area (Å²) in [5, 5.41) is 11.7. The number of ether oxygens (including phenoxy) is 2. The molecule has 9 heteroatoms. The summed E-state index contributed by atoms with van der Waals surface area (Å²) in [4.78, 5) is 49.4. The number of halogens is 2. The van der Waals surface area contributed by atoms with Gasteiger partial charge in [-0.3, -0.25) is 19.2 Å². The van der Waals surface area contributed by atoms with Crippen molar-refractivity contribution in [2.24, 2.45) is 28.6 Å². The number of esters is 2.